The van der Waals surface area contributed by atoms with E-state index in [1.807, 2.05) is 18.3 Å². The number of aromatic amines is 2. The molecular formula is C39H34Cl2N6O5S2. The molecule has 1 aliphatic rings. The SMILES string of the molecule is COc1ccc(C(c2c([O-])n(-c3ccccc3Cl)c(=S)[nH]c2=O)c2c(O)n(-c3ccccc3Cl)c(=S)[nH]c2=O)cc1C[NH+]1CCCCC1c1cccnc1. The molecule has 4 N–H and O–H groups in total. The number of aromatic hydroxyl groups is 1. The monoisotopic (exact) mass is 800 g/mol. The largest absolute Gasteiger partial charge is 0.859 e. The summed E-state index contributed by atoms with van der Waals surface area (Å²) < 4.78 is 7.80. The van der Waals surface area contributed by atoms with Crippen molar-refractivity contribution in [3.63, 3.8) is 0 Å². The number of rotatable bonds is 9. The van der Waals surface area contributed by atoms with Gasteiger partial charge in [0.15, 0.2) is 9.54 Å². The smallest absolute Gasteiger partial charge is 0.259 e. The predicted octanol–water partition coefficient (Wildman–Crippen LogP) is 6.08. The van der Waals surface area contributed by atoms with Crippen molar-refractivity contribution in [1.29, 1.82) is 0 Å². The number of piperidine rings is 1. The summed E-state index contributed by atoms with van der Waals surface area (Å²) in [5.41, 5.74) is 0.378. The van der Waals surface area contributed by atoms with Gasteiger partial charge in [0.05, 0.1) is 46.6 Å². The number of hydrogen-bond acceptors (Lipinski definition) is 8. The molecule has 0 amide bonds. The lowest BCUT2D eigenvalue weighted by atomic mass is 9.85. The Morgan fingerprint density at radius 1 is 0.926 bits per heavy atom. The topological polar surface area (TPSA) is 145 Å². The van der Waals surface area contributed by atoms with Crippen LogP contribution in [0.5, 0.6) is 17.5 Å². The third-order valence-electron chi connectivity index (χ3n) is 9.86. The van der Waals surface area contributed by atoms with Gasteiger partial charge >= 0.3 is 0 Å². The second-order valence-electron chi connectivity index (χ2n) is 13.0. The van der Waals surface area contributed by atoms with Crippen LogP contribution in [0.15, 0.2) is 101 Å². The van der Waals surface area contributed by atoms with E-state index in [0.717, 1.165) is 41.5 Å². The second kappa shape index (κ2) is 15.7. The molecule has 1 saturated heterocycles. The summed E-state index contributed by atoms with van der Waals surface area (Å²) in [4.78, 5) is 39.1. The molecule has 0 spiro atoms. The molecule has 1 fully saturated rings. The van der Waals surface area contributed by atoms with Crippen LogP contribution in [0.2, 0.25) is 10.0 Å². The summed E-state index contributed by atoms with van der Waals surface area (Å²) in [7, 11) is 1.57. The number of quaternary nitrogens is 1. The minimum absolute atomic E-state index is 0.151. The lowest BCUT2D eigenvalue weighted by Gasteiger charge is -2.33. The molecular weight excluding hydrogens is 768 g/mol. The van der Waals surface area contributed by atoms with Crippen molar-refractivity contribution in [1.82, 2.24) is 24.1 Å². The van der Waals surface area contributed by atoms with Gasteiger partial charge in [-0.25, -0.2) is 0 Å². The van der Waals surface area contributed by atoms with E-state index in [-0.39, 0.29) is 48.1 Å². The number of benzene rings is 3. The predicted molar refractivity (Wildman–Crippen MR) is 210 cm³/mol. The van der Waals surface area contributed by atoms with E-state index in [2.05, 4.69) is 21.0 Å². The number of H-pyrrole nitrogens is 2. The van der Waals surface area contributed by atoms with Crippen molar-refractivity contribution >= 4 is 47.6 Å². The van der Waals surface area contributed by atoms with Crippen LogP contribution in [0.3, 0.4) is 0 Å². The van der Waals surface area contributed by atoms with Gasteiger partial charge in [-0.1, -0.05) is 59.6 Å². The van der Waals surface area contributed by atoms with Crippen LogP contribution < -0.4 is 25.9 Å². The molecule has 6 aromatic rings. The van der Waals surface area contributed by atoms with Crippen molar-refractivity contribution in [2.45, 2.75) is 37.8 Å². The summed E-state index contributed by atoms with van der Waals surface area (Å²) in [5.74, 6) is -2.31. The summed E-state index contributed by atoms with van der Waals surface area (Å²) in [6.07, 6.45) is 6.72. The van der Waals surface area contributed by atoms with E-state index in [4.69, 9.17) is 52.4 Å². The Balaban J connectivity index is 1.49. The van der Waals surface area contributed by atoms with Gasteiger partial charge in [-0.2, -0.15) is 0 Å². The first kappa shape index (κ1) is 37.3. The highest BCUT2D eigenvalue weighted by molar-refractivity contribution is 7.71. The minimum Gasteiger partial charge on any atom is -0.859 e. The molecule has 3 aromatic heterocycles. The minimum atomic E-state index is -1.45. The van der Waals surface area contributed by atoms with E-state index >= 15 is 0 Å². The molecule has 276 valence electrons. The van der Waals surface area contributed by atoms with Crippen molar-refractivity contribution in [2.75, 3.05) is 13.7 Å². The number of nitrogens with zero attached hydrogens (tertiary/aromatic N) is 3. The maximum Gasteiger partial charge on any atom is 0.259 e. The third-order valence-corrected chi connectivity index (χ3v) is 11.1. The summed E-state index contributed by atoms with van der Waals surface area (Å²) >= 11 is 24.1. The van der Waals surface area contributed by atoms with Crippen LogP contribution in [-0.2, 0) is 6.54 Å². The number of methoxy groups -OCH3 is 1. The van der Waals surface area contributed by atoms with Gasteiger partial charge in [0.2, 0.25) is 5.88 Å². The van der Waals surface area contributed by atoms with Gasteiger partial charge < -0.3 is 19.8 Å². The van der Waals surface area contributed by atoms with Crippen LogP contribution in [0.25, 0.3) is 11.4 Å². The number of hydrogen-bond donors (Lipinski definition) is 4. The molecule has 4 heterocycles. The van der Waals surface area contributed by atoms with Gasteiger partial charge in [-0.05, 0) is 91.2 Å². The maximum atomic E-state index is 14.7. The van der Waals surface area contributed by atoms with Gasteiger partial charge in [0.25, 0.3) is 11.1 Å². The van der Waals surface area contributed by atoms with E-state index in [1.54, 1.807) is 74.0 Å². The Bertz CT molecular complexity index is 2490. The molecule has 15 heteroatoms. The van der Waals surface area contributed by atoms with Crippen molar-refractivity contribution in [3.8, 4) is 28.9 Å². The molecule has 3 aromatic carbocycles. The van der Waals surface area contributed by atoms with Crippen LogP contribution in [0.4, 0.5) is 0 Å². The fraction of sp³-hybridized carbons (Fsp3) is 0.205. The Hall–Kier alpha value is -5.05. The average Bonchev–Trinajstić information content (AvgIpc) is 3.16. The van der Waals surface area contributed by atoms with Crippen LogP contribution in [0.1, 0.15) is 59.0 Å². The van der Waals surface area contributed by atoms with Crippen LogP contribution in [0, 0.1) is 9.54 Å². The molecule has 7 rings (SSSR count). The summed E-state index contributed by atoms with van der Waals surface area (Å²) in [6.45, 7) is 1.40. The van der Waals surface area contributed by atoms with Gasteiger partial charge in [0, 0.05) is 35.5 Å². The van der Waals surface area contributed by atoms with E-state index in [1.165, 1.54) is 9.47 Å². The first-order valence-electron chi connectivity index (χ1n) is 17.1. The first-order valence-corrected chi connectivity index (χ1v) is 18.7. The molecule has 11 nitrogen and oxygen atoms in total. The Morgan fingerprint density at radius 3 is 2.22 bits per heavy atom. The van der Waals surface area contributed by atoms with E-state index in [0.29, 0.717) is 17.9 Å². The first-order chi connectivity index (χ1) is 26.1. The second-order valence-corrected chi connectivity index (χ2v) is 14.6. The summed E-state index contributed by atoms with van der Waals surface area (Å²) in [6, 6.07) is 22.5. The number of pyridine rings is 1. The summed E-state index contributed by atoms with van der Waals surface area (Å²) in [5, 5.41) is 27.2. The van der Waals surface area contributed by atoms with Gasteiger partial charge in [-0.15, -0.1) is 0 Å². The highest BCUT2D eigenvalue weighted by Gasteiger charge is 2.33. The average molecular weight is 802 g/mol. The molecule has 0 bridgehead atoms. The number of halogens is 2. The van der Waals surface area contributed by atoms with Crippen LogP contribution in [-0.4, -0.2) is 42.8 Å². The number of likely N-dealkylation sites (tertiary alicyclic amines) is 1. The molecule has 1 aliphatic heterocycles. The Morgan fingerprint density at radius 2 is 1.57 bits per heavy atom. The standard InChI is InChI=1S/C39H34Cl2N6O5S2/c1-52-30-16-15-22(19-24(30)21-45-18-7-6-12-27(45)23-9-8-17-42-20-23)31(32-34(48)43-38(53)46(36(32)50)28-13-4-2-10-25(28)40)33-35(49)44-39(54)47(37(33)51)29-14-5-3-11-26(29)41/h2-5,8-11,13-17,19-20,27,31,50-51H,6-7,12,18,21H2,1H3,(H,43,48,53)(H,44,49,54). The number of para-hydroxylation sites is 2. The molecule has 0 radical (unpaired) electrons. The quantitative estimate of drug-likeness (QED) is 0.129. The highest BCUT2D eigenvalue weighted by Crippen LogP contribution is 2.40. The fourth-order valence-electron chi connectivity index (χ4n) is 7.41. The zero-order valence-corrected chi connectivity index (χ0v) is 32.0. The van der Waals surface area contributed by atoms with Gasteiger partial charge in [-0.3, -0.25) is 33.7 Å². The number of nitrogens with one attached hydrogen (secondary N) is 3. The maximum absolute atomic E-state index is 14.7. The lowest BCUT2D eigenvalue weighted by Crippen LogP contribution is -3.11. The number of ether oxygens (including phenoxy) is 1. The molecule has 3 unspecified atom stereocenters. The zero-order chi connectivity index (χ0) is 38.1. The van der Waals surface area contributed by atoms with Gasteiger partial charge in [0.1, 0.15) is 18.3 Å². The van der Waals surface area contributed by atoms with Crippen molar-refractivity contribution in [3.05, 3.63) is 159 Å². The van der Waals surface area contributed by atoms with Crippen molar-refractivity contribution < 1.29 is 19.8 Å². The van der Waals surface area contributed by atoms with E-state index in [9.17, 15) is 19.8 Å². The van der Waals surface area contributed by atoms with Crippen LogP contribution >= 0.6 is 47.6 Å². The molecule has 0 aliphatic carbocycles. The number of aromatic nitrogens is 5. The highest BCUT2D eigenvalue weighted by atomic mass is 35.5. The van der Waals surface area contributed by atoms with Crippen molar-refractivity contribution in [2.24, 2.45) is 0 Å². The van der Waals surface area contributed by atoms with E-state index < -0.39 is 28.8 Å². The zero-order valence-electron chi connectivity index (χ0n) is 28.8. The molecule has 3 atom stereocenters. The third kappa shape index (κ3) is 7.01. The Kier molecular flexibility index (Phi) is 10.9. The normalized spacial score (nSPS) is 16.2. The fourth-order valence-corrected chi connectivity index (χ4v) is 8.40. The molecule has 54 heavy (non-hydrogen) atoms. The lowest BCUT2D eigenvalue weighted by molar-refractivity contribution is -0.950. The molecule has 0 saturated carbocycles. The Labute approximate surface area is 329 Å².